The molecule has 0 radical (unpaired) electrons. The van der Waals surface area contributed by atoms with E-state index in [1.807, 2.05) is 24.3 Å². The Kier molecular flexibility index (Phi) is 7.23. The molecule has 1 fully saturated rings. The largest absolute Gasteiger partial charge is 0.205 e. The zero-order valence-corrected chi connectivity index (χ0v) is 18.7. The molecule has 0 unspecified atom stereocenters. The minimum atomic E-state index is -0.238. The fraction of sp³-hybridized carbons (Fsp3) is 0.290. The van der Waals surface area contributed by atoms with Gasteiger partial charge in [0, 0.05) is 10.9 Å². The van der Waals surface area contributed by atoms with Gasteiger partial charge in [0.15, 0.2) is 0 Å². The van der Waals surface area contributed by atoms with E-state index in [1.165, 1.54) is 36.8 Å². The Labute approximate surface area is 191 Å². The van der Waals surface area contributed by atoms with Crippen LogP contribution in [0.1, 0.15) is 66.7 Å². The van der Waals surface area contributed by atoms with Crippen molar-refractivity contribution in [3.8, 4) is 11.8 Å². The maximum atomic E-state index is 15.0. The standard InChI is InChI=1S/C31H31F/c1-3-5-7-25-13-21-30-29(22-25)20-19-28(31(30)32)18-12-24-10-16-27(17-11-24)26-14-8-23(6-4-2)9-15-26/h3-4,10-11,13,16-17,19-23,26H,1-2,5-9,14-15H2. The summed E-state index contributed by atoms with van der Waals surface area (Å²) in [7, 11) is 0. The molecule has 32 heavy (non-hydrogen) atoms. The molecule has 0 nitrogen and oxygen atoms in total. The van der Waals surface area contributed by atoms with Crippen LogP contribution in [0.3, 0.4) is 0 Å². The van der Waals surface area contributed by atoms with Crippen molar-refractivity contribution in [3.63, 3.8) is 0 Å². The molecule has 0 aromatic heterocycles. The van der Waals surface area contributed by atoms with E-state index in [0.717, 1.165) is 36.1 Å². The van der Waals surface area contributed by atoms with Gasteiger partial charge >= 0.3 is 0 Å². The number of benzene rings is 3. The summed E-state index contributed by atoms with van der Waals surface area (Å²) >= 11 is 0. The van der Waals surface area contributed by atoms with Crippen LogP contribution in [0.4, 0.5) is 4.39 Å². The lowest BCUT2D eigenvalue weighted by Crippen LogP contribution is -2.12. The number of halogens is 1. The van der Waals surface area contributed by atoms with E-state index < -0.39 is 0 Å². The lowest BCUT2D eigenvalue weighted by Gasteiger charge is -2.28. The average molecular weight is 423 g/mol. The molecule has 0 heterocycles. The fourth-order valence-corrected chi connectivity index (χ4v) is 4.81. The number of hydrogen-bond donors (Lipinski definition) is 0. The first kappa shape index (κ1) is 22.1. The summed E-state index contributed by atoms with van der Waals surface area (Å²) in [5.74, 6) is 7.41. The number of rotatable bonds is 6. The van der Waals surface area contributed by atoms with Gasteiger partial charge in [0.2, 0.25) is 0 Å². The summed E-state index contributed by atoms with van der Waals surface area (Å²) < 4.78 is 15.0. The monoisotopic (exact) mass is 422 g/mol. The molecule has 0 spiro atoms. The first-order chi connectivity index (χ1) is 15.7. The van der Waals surface area contributed by atoms with Crippen LogP contribution in [0.15, 0.2) is 79.9 Å². The van der Waals surface area contributed by atoms with E-state index in [-0.39, 0.29) is 5.82 Å². The first-order valence-electron chi connectivity index (χ1n) is 11.7. The van der Waals surface area contributed by atoms with Crippen molar-refractivity contribution in [2.45, 2.75) is 50.9 Å². The van der Waals surface area contributed by atoms with E-state index in [1.54, 1.807) is 6.07 Å². The molecule has 0 bridgehead atoms. The van der Waals surface area contributed by atoms with Gasteiger partial charge < -0.3 is 0 Å². The first-order valence-corrected chi connectivity index (χ1v) is 11.7. The summed E-state index contributed by atoms with van der Waals surface area (Å²) in [5.41, 5.74) is 3.97. The van der Waals surface area contributed by atoms with Gasteiger partial charge in [0.25, 0.3) is 0 Å². The van der Waals surface area contributed by atoms with Crippen LogP contribution in [-0.2, 0) is 6.42 Å². The van der Waals surface area contributed by atoms with Crippen LogP contribution in [0.2, 0.25) is 0 Å². The van der Waals surface area contributed by atoms with Crippen LogP contribution in [-0.4, -0.2) is 0 Å². The summed E-state index contributed by atoms with van der Waals surface area (Å²) in [4.78, 5) is 0. The molecule has 0 N–H and O–H groups in total. The van der Waals surface area contributed by atoms with Gasteiger partial charge in [-0.1, -0.05) is 60.4 Å². The number of allylic oxidation sites excluding steroid dienone is 2. The topological polar surface area (TPSA) is 0 Å². The summed E-state index contributed by atoms with van der Waals surface area (Å²) in [6, 6.07) is 18.2. The van der Waals surface area contributed by atoms with Gasteiger partial charge in [-0.3, -0.25) is 0 Å². The predicted octanol–water partition coefficient (Wildman–Crippen LogP) is 8.35. The van der Waals surface area contributed by atoms with Crippen LogP contribution < -0.4 is 0 Å². The molecule has 0 atom stereocenters. The maximum Gasteiger partial charge on any atom is 0.146 e. The zero-order valence-electron chi connectivity index (χ0n) is 18.7. The second-order valence-corrected chi connectivity index (χ2v) is 8.92. The predicted molar refractivity (Wildman–Crippen MR) is 134 cm³/mol. The van der Waals surface area contributed by atoms with Crippen molar-refractivity contribution in [2.24, 2.45) is 5.92 Å². The molecule has 0 amide bonds. The van der Waals surface area contributed by atoms with Crippen LogP contribution in [0.5, 0.6) is 0 Å². The Balaban J connectivity index is 1.46. The molecular formula is C31H31F. The molecule has 1 heteroatoms. The van der Waals surface area contributed by atoms with Gasteiger partial charge in [-0.15, -0.1) is 13.2 Å². The molecular weight excluding hydrogens is 391 g/mol. The van der Waals surface area contributed by atoms with E-state index in [9.17, 15) is 0 Å². The van der Waals surface area contributed by atoms with Crippen molar-refractivity contribution in [1.29, 1.82) is 0 Å². The summed E-state index contributed by atoms with van der Waals surface area (Å²) in [6.07, 6.45) is 12.0. The van der Waals surface area contributed by atoms with Crippen molar-refractivity contribution in [1.82, 2.24) is 0 Å². The third kappa shape index (κ3) is 5.20. The maximum absolute atomic E-state index is 15.0. The van der Waals surface area contributed by atoms with E-state index >= 15 is 4.39 Å². The lowest BCUT2D eigenvalue weighted by atomic mass is 9.77. The lowest BCUT2D eigenvalue weighted by molar-refractivity contribution is 0.328. The molecule has 3 aromatic rings. The van der Waals surface area contributed by atoms with Crippen molar-refractivity contribution in [3.05, 3.63) is 108 Å². The van der Waals surface area contributed by atoms with E-state index in [2.05, 4.69) is 61.4 Å². The highest BCUT2D eigenvalue weighted by molar-refractivity contribution is 5.85. The molecule has 3 aromatic carbocycles. The molecule has 4 rings (SSSR count). The van der Waals surface area contributed by atoms with E-state index in [0.29, 0.717) is 16.9 Å². The Bertz CT molecular complexity index is 1150. The van der Waals surface area contributed by atoms with Gasteiger partial charge in [-0.25, -0.2) is 4.39 Å². The third-order valence-electron chi connectivity index (χ3n) is 6.73. The number of hydrogen-bond acceptors (Lipinski definition) is 0. The quantitative estimate of drug-likeness (QED) is 0.276. The van der Waals surface area contributed by atoms with Crippen molar-refractivity contribution >= 4 is 10.8 Å². The number of fused-ring (bicyclic) bond motifs is 1. The van der Waals surface area contributed by atoms with E-state index in [4.69, 9.17) is 0 Å². The van der Waals surface area contributed by atoms with Crippen molar-refractivity contribution in [2.75, 3.05) is 0 Å². The Morgan fingerprint density at radius 1 is 0.875 bits per heavy atom. The highest BCUT2D eigenvalue weighted by Gasteiger charge is 2.21. The van der Waals surface area contributed by atoms with Gasteiger partial charge in [-0.2, -0.15) is 0 Å². The summed E-state index contributed by atoms with van der Waals surface area (Å²) in [6.45, 7) is 7.64. The molecule has 1 aliphatic carbocycles. The molecule has 1 aliphatic rings. The highest BCUT2D eigenvalue weighted by atomic mass is 19.1. The average Bonchev–Trinajstić information content (AvgIpc) is 2.83. The SMILES string of the molecule is C=CCCc1ccc2c(F)c(C#Cc3ccc(C4CCC(CC=C)CC4)cc3)ccc2c1. The van der Waals surface area contributed by atoms with Gasteiger partial charge in [-0.05, 0) is 91.5 Å². The summed E-state index contributed by atoms with van der Waals surface area (Å²) in [5, 5.41) is 1.54. The minimum absolute atomic E-state index is 0.238. The molecule has 0 aliphatic heterocycles. The van der Waals surface area contributed by atoms with Crippen LogP contribution in [0.25, 0.3) is 10.8 Å². The van der Waals surface area contributed by atoms with Crippen molar-refractivity contribution < 1.29 is 4.39 Å². The molecule has 1 saturated carbocycles. The Morgan fingerprint density at radius 2 is 1.66 bits per heavy atom. The molecule has 162 valence electrons. The second kappa shape index (κ2) is 10.5. The van der Waals surface area contributed by atoms with Crippen LogP contribution in [0, 0.1) is 23.6 Å². The van der Waals surface area contributed by atoms with Gasteiger partial charge in [0.1, 0.15) is 5.82 Å². The highest BCUT2D eigenvalue weighted by Crippen LogP contribution is 2.37. The Morgan fingerprint density at radius 3 is 2.38 bits per heavy atom. The molecule has 0 saturated heterocycles. The minimum Gasteiger partial charge on any atom is -0.205 e. The Hall–Kier alpha value is -3.11. The normalized spacial score (nSPS) is 18.0. The third-order valence-corrected chi connectivity index (χ3v) is 6.73. The fourth-order valence-electron chi connectivity index (χ4n) is 4.81. The van der Waals surface area contributed by atoms with Gasteiger partial charge in [0.05, 0.1) is 5.56 Å². The number of aryl methyl sites for hydroxylation is 1. The smallest absolute Gasteiger partial charge is 0.146 e. The van der Waals surface area contributed by atoms with Crippen LogP contribution >= 0.6 is 0 Å². The zero-order chi connectivity index (χ0) is 22.3. The second-order valence-electron chi connectivity index (χ2n) is 8.92.